The third-order valence-electron chi connectivity index (χ3n) is 3.35. The lowest BCUT2D eigenvalue weighted by molar-refractivity contribution is -0.124. The molecule has 1 fully saturated rings. The van der Waals surface area contributed by atoms with Crippen LogP contribution >= 0.6 is 0 Å². The number of pyridine rings is 1. The molecule has 0 aliphatic heterocycles. The Morgan fingerprint density at radius 1 is 1.45 bits per heavy atom. The molecule has 1 saturated carbocycles. The monoisotopic (exact) mass is 302 g/mol. The molecule has 1 aliphatic carbocycles. The average Bonchev–Trinajstić information content (AvgIpc) is 3.10. The predicted octanol–water partition coefficient (Wildman–Crippen LogP) is 2.05. The third-order valence-corrected chi connectivity index (χ3v) is 3.74. The van der Waals surface area contributed by atoms with Crippen molar-refractivity contribution in [3.05, 3.63) is 18.5 Å². The number of anilines is 1. The molecular weight excluding hydrogens is 287 g/mol. The average molecular weight is 302 g/mol. The number of rotatable bonds is 5. The molecule has 0 spiro atoms. The van der Waals surface area contributed by atoms with Crippen LogP contribution in [-0.4, -0.2) is 19.3 Å². The van der Waals surface area contributed by atoms with E-state index in [1.807, 2.05) is 13.8 Å². The molecule has 0 radical (unpaired) electrons. The van der Waals surface area contributed by atoms with E-state index in [2.05, 4.69) is 14.5 Å². The first-order valence-electron chi connectivity index (χ1n) is 6.09. The Kier molecular flexibility index (Phi) is 3.68. The van der Waals surface area contributed by atoms with Gasteiger partial charge in [0.2, 0.25) is 5.91 Å². The number of amides is 1. The number of nitrogens with one attached hydrogen (secondary N) is 1. The second-order valence-electron chi connectivity index (χ2n) is 5.34. The lowest BCUT2D eigenvalue weighted by atomic mass is 9.86. The molecule has 0 atom stereocenters. The van der Waals surface area contributed by atoms with E-state index < -0.39 is 15.9 Å². The minimum atomic E-state index is -5.11. The number of carbonyl (C=O) groups excluding carboxylic acids is 1. The van der Waals surface area contributed by atoms with Crippen LogP contribution < -0.4 is 9.50 Å². The molecule has 0 unspecified atom stereocenters. The fourth-order valence-electron chi connectivity index (χ4n) is 1.93. The van der Waals surface area contributed by atoms with Gasteiger partial charge in [-0.1, -0.05) is 17.7 Å². The molecule has 1 heterocycles. The highest BCUT2D eigenvalue weighted by molar-refractivity contribution is 7.81. The van der Waals surface area contributed by atoms with Crippen LogP contribution in [0.2, 0.25) is 0 Å². The first-order valence-corrected chi connectivity index (χ1v) is 7.40. The van der Waals surface area contributed by atoms with E-state index >= 15 is 0 Å². The SMILES string of the molecule is CC(C)(C(=O)Nc1cncc(OS(=O)(=O)F)c1)C1CC1. The van der Waals surface area contributed by atoms with Crippen LogP contribution in [0.25, 0.3) is 0 Å². The van der Waals surface area contributed by atoms with E-state index in [0.29, 0.717) is 5.92 Å². The van der Waals surface area contributed by atoms with Crippen LogP contribution in [0, 0.1) is 11.3 Å². The molecule has 1 amide bonds. The number of nitrogens with zero attached hydrogens (tertiary/aromatic N) is 1. The second-order valence-corrected chi connectivity index (χ2v) is 6.29. The maximum Gasteiger partial charge on any atom is 0.488 e. The van der Waals surface area contributed by atoms with E-state index in [9.17, 15) is 17.1 Å². The summed E-state index contributed by atoms with van der Waals surface area (Å²) in [4.78, 5) is 15.8. The minimum absolute atomic E-state index is 0.193. The lowest BCUT2D eigenvalue weighted by Gasteiger charge is -2.23. The van der Waals surface area contributed by atoms with Gasteiger partial charge in [-0.2, -0.15) is 8.42 Å². The highest BCUT2D eigenvalue weighted by Gasteiger charge is 2.43. The smallest absolute Gasteiger partial charge is 0.357 e. The van der Waals surface area contributed by atoms with Crippen molar-refractivity contribution in [2.24, 2.45) is 11.3 Å². The summed E-state index contributed by atoms with van der Waals surface area (Å²) in [6, 6.07) is 1.20. The first kappa shape index (κ1) is 14.7. The third kappa shape index (κ3) is 3.66. The molecule has 1 aliphatic rings. The molecule has 6 nitrogen and oxygen atoms in total. The highest BCUT2D eigenvalue weighted by Crippen LogP contribution is 2.45. The molecule has 0 aromatic carbocycles. The van der Waals surface area contributed by atoms with Crippen molar-refractivity contribution in [3.8, 4) is 5.75 Å². The fourth-order valence-corrected chi connectivity index (χ4v) is 2.25. The molecule has 110 valence electrons. The highest BCUT2D eigenvalue weighted by atomic mass is 32.3. The molecule has 2 rings (SSSR count). The summed E-state index contributed by atoms with van der Waals surface area (Å²) >= 11 is 0. The summed E-state index contributed by atoms with van der Waals surface area (Å²) in [5.74, 6) is -0.141. The Hall–Kier alpha value is -1.70. The summed E-state index contributed by atoms with van der Waals surface area (Å²) in [7, 11) is -5.11. The zero-order valence-corrected chi connectivity index (χ0v) is 11.9. The van der Waals surface area contributed by atoms with E-state index in [1.54, 1.807) is 0 Å². The zero-order valence-electron chi connectivity index (χ0n) is 11.1. The molecule has 1 aromatic rings. The quantitative estimate of drug-likeness (QED) is 0.841. The largest absolute Gasteiger partial charge is 0.488 e. The van der Waals surface area contributed by atoms with Gasteiger partial charge >= 0.3 is 10.5 Å². The lowest BCUT2D eigenvalue weighted by Crippen LogP contribution is -2.32. The van der Waals surface area contributed by atoms with Crippen molar-refractivity contribution >= 4 is 22.1 Å². The number of halogens is 1. The molecule has 1 aromatic heterocycles. The van der Waals surface area contributed by atoms with Gasteiger partial charge in [-0.15, -0.1) is 0 Å². The second kappa shape index (κ2) is 5.01. The van der Waals surface area contributed by atoms with E-state index in [0.717, 1.165) is 19.0 Å². The number of aromatic nitrogens is 1. The van der Waals surface area contributed by atoms with E-state index in [-0.39, 0.29) is 17.3 Å². The maximum absolute atomic E-state index is 12.4. The van der Waals surface area contributed by atoms with Gasteiger partial charge in [0.25, 0.3) is 0 Å². The summed E-state index contributed by atoms with van der Waals surface area (Å²) < 4.78 is 37.2. The van der Waals surface area contributed by atoms with Gasteiger partial charge in [-0.3, -0.25) is 9.78 Å². The fraction of sp³-hybridized carbons (Fsp3) is 0.500. The molecule has 1 N–H and O–H groups in total. The molecule has 0 bridgehead atoms. The van der Waals surface area contributed by atoms with Crippen LogP contribution in [-0.2, 0) is 15.3 Å². The van der Waals surface area contributed by atoms with Crippen LogP contribution in [0.3, 0.4) is 0 Å². The molecular formula is C12H15FN2O4S. The summed E-state index contributed by atoms with van der Waals surface area (Å²) in [5.41, 5.74) is -0.256. The van der Waals surface area contributed by atoms with Gasteiger partial charge < -0.3 is 9.50 Å². The van der Waals surface area contributed by atoms with Crippen molar-refractivity contribution in [2.45, 2.75) is 26.7 Å². The van der Waals surface area contributed by atoms with Gasteiger partial charge in [0.05, 0.1) is 18.1 Å². The van der Waals surface area contributed by atoms with Gasteiger partial charge in [-0.05, 0) is 18.8 Å². The Bertz CT molecular complexity index is 626. The Labute approximate surface area is 116 Å². The Balaban J connectivity index is 2.10. The van der Waals surface area contributed by atoms with Crippen LogP contribution in [0.4, 0.5) is 9.57 Å². The summed E-state index contributed by atoms with van der Waals surface area (Å²) in [6.07, 6.45) is 4.40. The van der Waals surface area contributed by atoms with E-state index in [1.165, 1.54) is 12.3 Å². The van der Waals surface area contributed by atoms with Gasteiger partial charge in [0, 0.05) is 11.5 Å². The number of hydrogen-bond donors (Lipinski definition) is 1. The Morgan fingerprint density at radius 2 is 2.10 bits per heavy atom. The topological polar surface area (TPSA) is 85.4 Å². The summed E-state index contributed by atoms with van der Waals surface area (Å²) in [6.45, 7) is 3.69. The predicted molar refractivity (Wildman–Crippen MR) is 70.0 cm³/mol. The molecule has 0 saturated heterocycles. The van der Waals surface area contributed by atoms with Crippen molar-refractivity contribution in [1.29, 1.82) is 0 Å². The Morgan fingerprint density at radius 3 is 2.65 bits per heavy atom. The van der Waals surface area contributed by atoms with Crippen LogP contribution in [0.1, 0.15) is 26.7 Å². The maximum atomic E-state index is 12.4. The van der Waals surface area contributed by atoms with Crippen molar-refractivity contribution in [1.82, 2.24) is 4.98 Å². The molecule has 8 heteroatoms. The van der Waals surface area contributed by atoms with Crippen LogP contribution in [0.15, 0.2) is 18.5 Å². The van der Waals surface area contributed by atoms with E-state index in [4.69, 9.17) is 0 Å². The normalized spacial score (nSPS) is 15.8. The van der Waals surface area contributed by atoms with Crippen molar-refractivity contribution in [2.75, 3.05) is 5.32 Å². The van der Waals surface area contributed by atoms with Crippen molar-refractivity contribution < 1.29 is 21.3 Å². The summed E-state index contributed by atoms with van der Waals surface area (Å²) in [5, 5.41) is 2.63. The standard InChI is InChI=1S/C12H15FN2O4S/c1-12(2,8-3-4-8)11(16)15-9-5-10(7-14-6-9)19-20(13,17)18/h5-8H,3-4H2,1-2H3,(H,15,16). The first-order chi connectivity index (χ1) is 9.18. The zero-order chi connectivity index (χ0) is 15.0. The van der Waals surface area contributed by atoms with Crippen molar-refractivity contribution in [3.63, 3.8) is 0 Å². The van der Waals surface area contributed by atoms with Gasteiger partial charge in [0.1, 0.15) is 0 Å². The van der Waals surface area contributed by atoms with Crippen LogP contribution in [0.5, 0.6) is 5.75 Å². The minimum Gasteiger partial charge on any atom is -0.357 e. The van der Waals surface area contributed by atoms with Gasteiger partial charge in [-0.25, -0.2) is 0 Å². The number of carbonyl (C=O) groups is 1. The number of hydrogen-bond acceptors (Lipinski definition) is 5. The van der Waals surface area contributed by atoms with Gasteiger partial charge in [0.15, 0.2) is 5.75 Å². The molecule has 20 heavy (non-hydrogen) atoms.